The minimum absolute atomic E-state index is 0.0734. The van der Waals surface area contributed by atoms with Crippen LogP contribution < -0.4 is 5.32 Å². The zero-order valence-electron chi connectivity index (χ0n) is 13.5. The van der Waals surface area contributed by atoms with Crippen molar-refractivity contribution >= 4 is 17.5 Å². The molecule has 126 valence electrons. The summed E-state index contributed by atoms with van der Waals surface area (Å²) in [4.78, 5) is 14.9. The van der Waals surface area contributed by atoms with E-state index in [4.69, 9.17) is 16.3 Å². The van der Waals surface area contributed by atoms with Crippen LogP contribution in [0.3, 0.4) is 0 Å². The van der Waals surface area contributed by atoms with Gasteiger partial charge in [0.2, 0.25) is 0 Å². The predicted octanol–water partition coefficient (Wildman–Crippen LogP) is 3.14. The third kappa shape index (κ3) is 4.57. The molecule has 0 saturated carbocycles. The molecule has 1 heterocycles. The molecule has 3 rings (SSSR count). The Morgan fingerprint density at radius 2 is 1.88 bits per heavy atom. The molecule has 2 aromatic carbocycles. The number of hydrogen-bond acceptors (Lipinski definition) is 3. The first-order valence-electron chi connectivity index (χ1n) is 8.14. The van der Waals surface area contributed by atoms with Gasteiger partial charge in [-0.2, -0.15) is 0 Å². The lowest BCUT2D eigenvalue weighted by atomic mass is 10.1. The number of nitrogens with zero attached hydrogens (tertiary/aromatic N) is 1. The summed E-state index contributed by atoms with van der Waals surface area (Å²) in [6.45, 7) is 4.01. The highest BCUT2D eigenvalue weighted by molar-refractivity contribution is 6.30. The van der Waals surface area contributed by atoms with E-state index >= 15 is 0 Å². The van der Waals surface area contributed by atoms with Crippen LogP contribution >= 0.6 is 11.6 Å². The zero-order valence-corrected chi connectivity index (χ0v) is 14.2. The number of carbonyl (C=O) groups excluding carboxylic acids is 1. The average Bonchev–Trinajstić information content (AvgIpc) is 2.63. The van der Waals surface area contributed by atoms with Crippen molar-refractivity contribution in [2.75, 3.05) is 32.8 Å². The normalized spacial score (nSPS) is 16.5. The Morgan fingerprint density at radius 3 is 2.58 bits per heavy atom. The van der Waals surface area contributed by atoms with E-state index in [0.29, 0.717) is 10.6 Å². The van der Waals surface area contributed by atoms with Crippen molar-refractivity contribution in [3.8, 4) is 0 Å². The Kier molecular flexibility index (Phi) is 5.86. The molecule has 1 aliphatic heterocycles. The van der Waals surface area contributed by atoms with Gasteiger partial charge < -0.3 is 10.1 Å². The molecule has 0 radical (unpaired) electrons. The molecule has 1 atom stereocenters. The van der Waals surface area contributed by atoms with E-state index in [0.717, 1.165) is 38.4 Å². The SMILES string of the molecule is O=C(N[C@@H](CN1CCOCC1)c1ccccc1)c1cccc(Cl)c1. The standard InChI is InChI=1S/C19H21ClN2O2/c20-17-8-4-7-16(13-17)19(23)21-18(15-5-2-1-3-6-15)14-22-9-11-24-12-10-22/h1-8,13,18H,9-12,14H2,(H,21,23)/t18-/m0/s1. The molecular weight excluding hydrogens is 324 g/mol. The van der Waals surface area contributed by atoms with E-state index in [-0.39, 0.29) is 11.9 Å². The molecule has 1 amide bonds. The first-order valence-corrected chi connectivity index (χ1v) is 8.51. The smallest absolute Gasteiger partial charge is 0.251 e. The van der Waals surface area contributed by atoms with Crippen molar-refractivity contribution in [2.24, 2.45) is 0 Å². The van der Waals surface area contributed by atoms with E-state index in [9.17, 15) is 4.79 Å². The fourth-order valence-electron chi connectivity index (χ4n) is 2.83. The van der Waals surface area contributed by atoms with Gasteiger partial charge in [-0.25, -0.2) is 0 Å². The maximum Gasteiger partial charge on any atom is 0.251 e. The fourth-order valence-corrected chi connectivity index (χ4v) is 3.02. The van der Waals surface area contributed by atoms with Gasteiger partial charge in [0.25, 0.3) is 5.91 Å². The number of hydrogen-bond donors (Lipinski definition) is 1. The van der Waals surface area contributed by atoms with Gasteiger partial charge in [0.05, 0.1) is 19.3 Å². The molecule has 1 fully saturated rings. The molecule has 0 unspecified atom stereocenters. The van der Waals surface area contributed by atoms with Crippen molar-refractivity contribution in [3.05, 3.63) is 70.7 Å². The molecule has 1 N–H and O–H groups in total. The van der Waals surface area contributed by atoms with Crippen LogP contribution in [0.15, 0.2) is 54.6 Å². The number of morpholine rings is 1. The van der Waals surface area contributed by atoms with Crippen LogP contribution in [0, 0.1) is 0 Å². The summed E-state index contributed by atoms with van der Waals surface area (Å²) in [5.74, 6) is -0.111. The Labute approximate surface area is 147 Å². The maximum atomic E-state index is 12.6. The van der Waals surface area contributed by atoms with Crippen LogP contribution in [-0.4, -0.2) is 43.7 Å². The van der Waals surface area contributed by atoms with E-state index in [1.165, 1.54) is 0 Å². The number of nitrogens with one attached hydrogen (secondary N) is 1. The number of benzene rings is 2. The first kappa shape index (κ1) is 17.0. The Bertz CT molecular complexity index is 672. The highest BCUT2D eigenvalue weighted by atomic mass is 35.5. The lowest BCUT2D eigenvalue weighted by molar-refractivity contribution is 0.0332. The first-order chi connectivity index (χ1) is 11.7. The topological polar surface area (TPSA) is 41.6 Å². The molecule has 1 saturated heterocycles. The van der Waals surface area contributed by atoms with Crippen LogP contribution in [0.25, 0.3) is 0 Å². The van der Waals surface area contributed by atoms with Gasteiger partial charge in [0.15, 0.2) is 0 Å². The number of halogens is 1. The zero-order chi connectivity index (χ0) is 16.8. The number of amides is 1. The van der Waals surface area contributed by atoms with Crippen molar-refractivity contribution in [1.82, 2.24) is 10.2 Å². The summed E-state index contributed by atoms with van der Waals surface area (Å²) in [6.07, 6.45) is 0. The third-order valence-corrected chi connectivity index (χ3v) is 4.37. The van der Waals surface area contributed by atoms with E-state index in [1.807, 2.05) is 30.3 Å². The van der Waals surface area contributed by atoms with Crippen LogP contribution in [0.1, 0.15) is 22.0 Å². The lowest BCUT2D eigenvalue weighted by Crippen LogP contribution is -2.43. The molecule has 0 bridgehead atoms. The third-order valence-electron chi connectivity index (χ3n) is 4.14. The van der Waals surface area contributed by atoms with Crippen LogP contribution in [0.2, 0.25) is 5.02 Å². The molecule has 5 heteroatoms. The lowest BCUT2D eigenvalue weighted by Gasteiger charge is -2.31. The van der Waals surface area contributed by atoms with E-state index < -0.39 is 0 Å². The summed E-state index contributed by atoms with van der Waals surface area (Å²) < 4.78 is 5.41. The van der Waals surface area contributed by atoms with Crippen LogP contribution in [0.4, 0.5) is 0 Å². The van der Waals surface area contributed by atoms with Gasteiger partial charge in [-0.05, 0) is 23.8 Å². The highest BCUT2D eigenvalue weighted by Crippen LogP contribution is 2.17. The largest absolute Gasteiger partial charge is 0.379 e. The van der Waals surface area contributed by atoms with E-state index in [2.05, 4.69) is 10.2 Å². The molecule has 0 spiro atoms. The summed E-state index contributed by atoms with van der Waals surface area (Å²) >= 11 is 6.00. The van der Waals surface area contributed by atoms with Gasteiger partial charge >= 0.3 is 0 Å². The second kappa shape index (κ2) is 8.29. The Hall–Kier alpha value is -1.88. The molecule has 4 nitrogen and oxygen atoms in total. The number of carbonyl (C=O) groups is 1. The quantitative estimate of drug-likeness (QED) is 0.906. The summed E-state index contributed by atoms with van der Waals surface area (Å²) in [5.41, 5.74) is 1.67. The molecule has 1 aliphatic rings. The van der Waals surface area contributed by atoms with Crippen LogP contribution in [0.5, 0.6) is 0 Å². The summed E-state index contributed by atoms with van der Waals surface area (Å²) in [5, 5.41) is 3.71. The molecular formula is C19H21ClN2O2. The summed E-state index contributed by atoms with van der Waals surface area (Å²) in [6, 6.07) is 17.0. The van der Waals surface area contributed by atoms with Crippen molar-refractivity contribution in [3.63, 3.8) is 0 Å². The summed E-state index contributed by atoms with van der Waals surface area (Å²) in [7, 11) is 0. The molecule has 0 aliphatic carbocycles. The minimum Gasteiger partial charge on any atom is -0.379 e. The van der Waals surface area contributed by atoms with Crippen molar-refractivity contribution in [2.45, 2.75) is 6.04 Å². The Morgan fingerprint density at radius 1 is 1.12 bits per heavy atom. The van der Waals surface area contributed by atoms with Crippen molar-refractivity contribution < 1.29 is 9.53 Å². The van der Waals surface area contributed by atoms with Crippen molar-refractivity contribution in [1.29, 1.82) is 0 Å². The number of rotatable bonds is 5. The second-order valence-electron chi connectivity index (χ2n) is 5.86. The molecule has 24 heavy (non-hydrogen) atoms. The predicted molar refractivity (Wildman–Crippen MR) is 95.4 cm³/mol. The minimum atomic E-state index is -0.111. The highest BCUT2D eigenvalue weighted by Gasteiger charge is 2.20. The maximum absolute atomic E-state index is 12.6. The second-order valence-corrected chi connectivity index (χ2v) is 6.30. The molecule has 0 aromatic heterocycles. The monoisotopic (exact) mass is 344 g/mol. The van der Waals surface area contributed by atoms with Gasteiger partial charge in [0.1, 0.15) is 0 Å². The average molecular weight is 345 g/mol. The van der Waals surface area contributed by atoms with Crippen LogP contribution in [-0.2, 0) is 4.74 Å². The van der Waals surface area contributed by atoms with E-state index in [1.54, 1.807) is 24.3 Å². The number of ether oxygens (including phenoxy) is 1. The van der Waals surface area contributed by atoms with Gasteiger partial charge in [0, 0.05) is 30.2 Å². The van der Waals surface area contributed by atoms with Gasteiger partial charge in [-0.1, -0.05) is 48.0 Å². The fraction of sp³-hybridized carbons (Fsp3) is 0.316. The van der Waals surface area contributed by atoms with Gasteiger partial charge in [-0.3, -0.25) is 9.69 Å². The molecule has 2 aromatic rings. The van der Waals surface area contributed by atoms with Gasteiger partial charge in [-0.15, -0.1) is 0 Å². The Balaban J connectivity index is 1.75.